The molecule has 0 atom stereocenters. The van der Waals surface area contributed by atoms with Crippen molar-refractivity contribution in [3.05, 3.63) is 53.1 Å². The number of nitrogens with zero attached hydrogens (tertiary/aromatic N) is 3. The van der Waals surface area contributed by atoms with Gasteiger partial charge in [0.2, 0.25) is 5.91 Å². The summed E-state index contributed by atoms with van der Waals surface area (Å²) in [5.41, 5.74) is 3.03. The number of aromatic nitrogens is 3. The fraction of sp³-hybridized carbons (Fsp3) is 0.263. The number of hydrogen-bond acceptors (Lipinski definition) is 4. The van der Waals surface area contributed by atoms with E-state index in [2.05, 4.69) is 20.6 Å². The number of anilines is 1. The highest BCUT2D eigenvalue weighted by Crippen LogP contribution is 2.20. The fourth-order valence-electron chi connectivity index (χ4n) is 2.81. The Morgan fingerprint density at radius 1 is 1.22 bits per heavy atom. The number of fused-ring (bicyclic) bond motifs is 1. The Balaban J connectivity index is 1.58. The molecule has 7 nitrogen and oxygen atoms in total. The lowest BCUT2D eigenvalue weighted by Gasteiger charge is -2.05. The number of rotatable bonds is 6. The Kier molecular flexibility index (Phi) is 5.71. The highest BCUT2D eigenvalue weighted by molar-refractivity contribution is 6.29. The molecule has 0 aliphatic rings. The van der Waals surface area contributed by atoms with Crippen LogP contribution in [0.3, 0.4) is 0 Å². The maximum Gasteiger partial charge on any atom is 0.252 e. The van der Waals surface area contributed by atoms with Crippen LogP contribution in [0.15, 0.2) is 36.5 Å². The van der Waals surface area contributed by atoms with E-state index in [4.69, 9.17) is 11.6 Å². The lowest BCUT2D eigenvalue weighted by molar-refractivity contribution is -0.114. The van der Waals surface area contributed by atoms with Gasteiger partial charge in [0, 0.05) is 38.8 Å². The van der Waals surface area contributed by atoms with Crippen LogP contribution in [-0.4, -0.2) is 32.9 Å². The highest BCUT2D eigenvalue weighted by Gasteiger charge is 2.10. The van der Waals surface area contributed by atoms with Crippen molar-refractivity contribution in [2.24, 2.45) is 7.05 Å². The molecule has 140 valence electrons. The van der Waals surface area contributed by atoms with E-state index in [1.54, 1.807) is 12.1 Å². The lowest BCUT2D eigenvalue weighted by Crippen LogP contribution is -2.25. The number of aryl methyl sites for hydroxylation is 2. The number of amides is 2. The molecule has 0 fully saturated rings. The summed E-state index contributed by atoms with van der Waals surface area (Å²) in [5.74, 6) is 0.633. The highest BCUT2D eigenvalue weighted by atomic mass is 35.5. The van der Waals surface area contributed by atoms with Crippen LogP contribution in [0, 0.1) is 0 Å². The molecular formula is C19H20ClN5O2. The van der Waals surface area contributed by atoms with Crippen LogP contribution in [0.2, 0.25) is 5.15 Å². The zero-order valence-corrected chi connectivity index (χ0v) is 15.9. The Morgan fingerprint density at radius 2 is 2.04 bits per heavy atom. The second-order valence-corrected chi connectivity index (χ2v) is 6.59. The summed E-state index contributed by atoms with van der Waals surface area (Å²) in [4.78, 5) is 31.8. The number of pyridine rings is 1. The summed E-state index contributed by atoms with van der Waals surface area (Å²) in [6.45, 7) is 2.00. The lowest BCUT2D eigenvalue weighted by atomic mass is 10.2. The average molecular weight is 386 g/mol. The topological polar surface area (TPSA) is 88.9 Å². The number of hydrogen-bond donors (Lipinski definition) is 2. The molecule has 2 amide bonds. The summed E-state index contributed by atoms with van der Waals surface area (Å²) in [6, 6.07) is 8.88. The first-order chi connectivity index (χ1) is 12.9. The second-order valence-electron chi connectivity index (χ2n) is 6.20. The maximum absolute atomic E-state index is 12.1. The summed E-state index contributed by atoms with van der Waals surface area (Å²) in [7, 11) is 1.96. The van der Waals surface area contributed by atoms with Crippen LogP contribution in [0.5, 0.6) is 0 Å². The second kappa shape index (κ2) is 8.18. The number of nitrogens with one attached hydrogen (secondary N) is 2. The Hall–Kier alpha value is -2.93. The third-order valence-corrected chi connectivity index (χ3v) is 4.37. The zero-order valence-electron chi connectivity index (χ0n) is 15.1. The molecule has 0 aliphatic heterocycles. The van der Waals surface area contributed by atoms with E-state index < -0.39 is 0 Å². The molecular weight excluding hydrogens is 366 g/mol. The van der Waals surface area contributed by atoms with Crippen molar-refractivity contribution in [2.45, 2.75) is 19.8 Å². The van der Waals surface area contributed by atoms with E-state index in [1.807, 2.05) is 29.8 Å². The first-order valence-electron chi connectivity index (χ1n) is 8.57. The molecule has 2 N–H and O–H groups in total. The molecule has 27 heavy (non-hydrogen) atoms. The van der Waals surface area contributed by atoms with Gasteiger partial charge in [-0.2, -0.15) is 0 Å². The predicted octanol–water partition coefficient (Wildman–Crippen LogP) is 2.94. The van der Waals surface area contributed by atoms with Gasteiger partial charge in [0.1, 0.15) is 11.0 Å². The van der Waals surface area contributed by atoms with Gasteiger partial charge < -0.3 is 15.2 Å². The van der Waals surface area contributed by atoms with Crippen LogP contribution in [0.1, 0.15) is 29.5 Å². The number of halogens is 1. The molecule has 0 unspecified atom stereocenters. The minimum absolute atomic E-state index is 0.114. The minimum atomic E-state index is -0.177. The van der Waals surface area contributed by atoms with Crippen LogP contribution in [0.25, 0.3) is 11.0 Å². The van der Waals surface area contributed by atoms with Crippen LogP contribution < -0.4 is 10.6 Å². The third kappa shape index (κ3) is 4.62. The quantitative estimate of drug-likeness (QED) is 0.504. The molecule has 0 bridgehead atoms. The summed E-state index contributed by atoms with van der Waals surface area (Å²) < 4.78 is 2.03. The largest absolute Gasteiger partial charge is 0.352 e. The van der Waals surface area contributed by atoms with Gasteiger partial charge in [0.25, 0.3) is 5.91 Å². The third-order valence-electron chi connectivity index (χ3n) is 4.15. The van der Waals surface area contributed by atoms with Gasteiger partial charge in [-0.1, -0.05) is 11.6 Å². The molecule has 2 heterocycles. The van der Waals surface area contributed by atoms with E-state index in [-0.39, 0.29) is 11.8 Å². The van der Waals surface area contributed by atoms with Gasteiger partial charge >= 0.3 is 0 Å². The monoisotopic (exact) mass is 385 g/mol. The van der Waals surface area contributed by atoms with Gasteiger partial charge in [-0.25, -0.2) is 9.97 Å². The van der Waals surface area contributed by atoms with Gasteiger partial charge in [0.05, 0.1) is 16.6 Å². The van der Waals surface area contributed by atoms with Crippen LogP contribution in [0.4, 0.5) is 5.69 Å². The molecule has 0 spiro atoms. The van der Waals surface area contributed by atoms with Gasteiger partial charge in [-0.3, -0.25) is 9.59 Å². The molecule has 8 heteroatoms. The number of carbonyl (C=O) groups is 2. The van der Waals surface area contributed by atoms with Crippen molar-refractivity contribution in [1.82, 2.24) is 19.9 Å². The SMILES string of the molecule is CC(=O)Nc1ccc2c(c1)nc(CCCNC(=O)c1ccc(Cl)nc1)n2C. The Bertz CT molecular complexity index is 982. The molecule has 0 radical (unpaired) electrons. The van der Waals surface area contributed by atoms with Gasteiger partial charge in [0.15, 0.2) is 0 Å². The van der Waals surface area contributed by atoms with E-state index in [0.717, 1.165) is 35.4 Å². The molecule has 1 aromatic carbocycles. The van der Waals surface area contributed by atoms with E-state index in [0.29, 0.717) is 17.3 Å². The number of imidazole rings is 1. The standard InChI is InChI=1S/C19H20ClN5O2/c1-12(26)23-14-6-7-16-15(10-14)24-18(25(16)2)4-3-9-21-19(27)13-5-8-17(20)22-11-13/h5-8,10-11H,3-4,9H2,1-2H3,(H,21,27)(H,23,26). The summed E-state index contributed by atoms with van der Waals surface area (Å²) >= 11 is 5.72. The van der Waals surface area contributed by atoms with Crippen molar-refractivity contribution < 1.29 is 9.59 Å². The molecule has 3 rings (SSSR count). The van der Waals surface area contributed by atoms with Crippen LogP contribution >= 0.6 is 11.6 Å². The molecule has 3 aromatic rings. The zero-order chi connectivity index (χ0) is 19.4. The number of benzene rings is 1. The Labute approximate surface area is 161 Å². The maximum atomic E-state index is 12.1. The van der Waals surface area contributed by atoms with Crippen molar-refractivity contribution in [3.63, 3.8) is 0 Å². The summed E-state index contributed by atoms with van der Waals surface area (Å²) in [5, 5.41) is 5.98. The normalized spacial score (nSPS) is 10.8. The first-order valence-corrected chi connectivity index (χ1v) is 8.94. The van der Waals surface area contributed by atoms with Crippen LogP contribution in [-0.2, 0) is 18.3 Å². The van der Waals surface area contributed by atoms with Gasteiger partial charge in [-0.15, -0.1) is 0 Å². The average Bonchev–Trinajstić information content (AvgIpc) is 2.94. The van der Waals surface area contributed by atoms with Crippen molar-refractivity contribution in [1.29, 1.82) is 0 Å². The molecule has 0 saturated heterocycles. The minimum Gasteiger partial charge on any atom is -0.352 e. The fourth-order valence-corrected chi connectivity index (χ4v) is 2.93. The predicted molar refractivity (Wildman–Crippen MR) is 105 cm³/mol. The summed E-state index contributed by atoms with van der Waals surface area (Å²) in [6.07, 6.45) is 2.93. The number of carbonyl (C=O) groups excluding carboxylic acids is 2. The Morgan fingerprint density at radius 3 is 2.74 bits per heavy atom. The smallest absolute Gasteiger partial charge is 0.252 e. The molecule has 2 aromatic heterocycles. The van der Waals surface area contributed by atoms with Gasteiger partial charge in [-0.05, 0) is 36.8 Å². The molecule has 0 saturated carbocycles. The van der Waals surface area contributed by atoms with Crippen molar-refractivity contribution in [2.75, 3.05) is 11.9 Å². The van der Waals surface area contributed by atoms with E-state index >= 15 is 0 Å². The van der Waals surface area contributed by atoms with Crippen molar-refractivity contribution in [3.8, 4) is 0 Å². The van der Waals surface area contributed by atoms with Crippen molar-refractivity contribution >= 4 is 40.1 Å². The first kappa shape index (κ1) is 18.8. The van der Waals surface area contributed by atoms with E-state index in [1.165, 1.54) is 13.1 Å². The van der Waals surface area contributed by atoms with E-state index in [9.17, 15) is 9.59 Å². The molecule has 0 aliphatic carbocycles.